The van der Waals surface area contributed by atoms with Crippen molar-refractivity contribution in [3.05, 3.63) is 119 Å². The van der Waals surface area contributed by atoms with Gasteiger partial charge >= 0.3 is 226 Å². The summed E-state index contributed by atoms with van der Waals surface area (Å²) in [7, 11) is 0.126. The Morgan fingerprint density at radius 3 is 1.19 bits per heavy atom. The van der Waals surface area contributed by atoms with Crippen LogP contribution in [-0.4, -0.2) is 29.9 Å². The predicted molar refractivity (Wildman–Crippen MR) is 216 cm³/mol. The maximum absolute atomic E-state index is 7.50. The summed E-state index contributed by atoms with van der Waals surface area (Å²) in [6, 6.07) is 15.0. The topological polar surface area (TPSA) is 68.5 Å². The van der Waals surface area contributed by atoms with Crippen LogP contribution >= 0.6 is 0 Å². The smallest absolute Gasteiger partial charge is 0 e. The Labute approximate surface area is 342 Å². The Bertz CT molecular complexity index is 1470. The molecule has 0 N–H and O–H groups in total. The van der Waals surface area contributed by atoms with Gasteiger partial charge in [0.1, 0.15) is 0 Å². The fraction of sp³-hybridized carbons (Fsp3) is 0.477. The zero-order valence-electron chi connectivity index (χ0n) is 34.7. The van der Waals surface area contributed by atoms with E-state index in [1.165, 1.54) is 72.5 Å². The fourth-order valence-electron chi connectivity index (χ4n) is 5.77. The van der Waals surface area contributed by atoms with Gasteiger partial charge in [-0.1, -0.05) is 44.1 Å². The zero-order valence-corrected chi connectivity index (χ0v) is 41.1. The summed E-state index contributed by atoms with van der Waals surface area (Å²) in [5, 5.41) is 0. The summed E-state index contributed by atoms with van der Waals surface area (Å²) in [5.41, 5.74) is 14.3. The molecular weight excluding hydrogens is 889 g/mol. The van der Waals surface area contributed by atoms with Crippen molar-refractivity contribution in [2.24, 2.45) is 0 Å². The Morgan fingerprint density at radius 2 is 0.942 bits per heavy atom. The van der Waals surface area contributed by atoms with Gasteiger partial charge in [-0.3, -0.25) is 0 Å². The van der Waals surface area contributed by atoms with Crippen molar-refractivity contribution in [3.8, 4) is 11.4 Å². The number of imidazole rings is 1. The van der Waals surface area contributed by atoms with E-state index in [9.17, 15) is 0 Å². The van der Waals surface area contributed by atoms with Crippen LogP contribution in [0, 0.1) is 25.9 Å². The molecular formula is C44H63GeN2O3SiW+. The third-order valence-corrected chi connectivity index (χ3v) is 12.1. The predicted octanol–water partition coefficient (Wildman–Crippen LogP) is 10.7. The molecule has 1 aliphatic carbocycles. The second kappa shape index (κ2) is 27.4. The summed E-state index contributed by atoms with van der Waals surface area (Å²) < 4.78 is 28.7. The molecule has 0 spiro atoms. The van der Waals surface area contributed by atoms with Crippen molar-refractivity contribution >= 4 is 30.0 Å². The fourth-order valence-corrected chi connectivity index (χ4v) is 6.67. The van der Waals surface area contributed by atoms with Gasteiger partial charge in [-0.05, 0) is 38.8 Å². The number of hydrogen-bond acceptors (Lipinski definition) is 0. The molecule has 0 aliphatic heterocycles. The minimum absolute atomic E-state index is 0. The van der Waals surface area contributed by atoms with Gasteiger partial charge in [0.25, 0.3) is 0 Å². The summed E-state index contributed by atoms with van der Waals surface area (Å²) in [4.78, 5) is 0. The Kier molecular flexibility index (Phi) is 28.5. The van der Waals surface area contributed by atoms with Gasteiger partial charge in [0, 0.05) is 35.8 Å². The summed E-state index contributed by atoms with van der Waals surface area (Å²) >= 11 is 1.68. The van der Waals surface area contributed by atoms with Gasteiger partial charge in [0.05, 0.1) is 0 Å². The molecule has 0 fully saturated rings. The van der Waals surface area contributed by atoms with Gasteiger partial charge in [0.15, 0.2) is 0 Å². The monoisotopic (exact) mass is 953 g/mol. The standard InChI is InChI=1S/C27H37GeN2.C10H15.C4H11Si.3CO.W/c1-17(2)21-11-9-12-22(18(3)4)25(21)29-15-16-30(27(29)28)26-23(19(5)6)13-10-14-24(26)20(7)8;1-6-7(2)9(4)10(5)8(6)3;1-4-5(2)3;3*1-2;/h9-20,28H,1-8H3;1-5H3;4H2,1-3H3;;;;/q+1;;;;;;. The van der Waals surface area contributed by atoms with Crippen LogP contribution < -0.4 is 9.22 Å². The Morgan fingerprint density at radius 1 is 0.635 bits per heavy atom. The first-order chi connectivity index (χ1) is 24.0. The van der Waals surface area contributed by atoms with Crippen LogP contribution in [0.15, 0.2) is 71.1 Å². The van der Waals surface area contributed by atoms with E-state index in [2.05, 4.69) is 188 Å². The molecule has 4 rings (SSSR count). The van der Waals surface area contributed by atoms with Gasteiger partial charge in [-0.15, -0.1) is 0 Å². The molecule has 1 aliphatic rings. The molecule has 52 heavy (non-hydrogen) atoms. The summed E-state index contributed by atoms with van der Waals surface area (Å²) in [5.74, 6) is 3.40. The van der Waals surface area contributed by atoms with Crippen LogP contribution in [0.4, 0.5) is 0 Å². The second-order valence-corrected chi connectivity index (χ2v) is 18.5. The number of hydrogen-bond donors (Lipinski definition) is 0. The van der Waals surface area contributed by atoms with E-state index in [0.717, 1.165) is 0 Å². The van der Waals surface area contributed by atoms with Crippen LogP contribution in [-0.2, 0) is 35.0 Å². The molecule has 0 bridgehead atoms. The van der Waals surface area contributed by atoms with E-state index in [-0.39, 0.29) is 29.9 Å². The van der Waals surface area contributed by atoms with E-state index >= 15 is 0 Å². The molecule has 1 aromatic heterocycles. The molecule has 0 atom stereocenters. The van der Waals surface area contributed by atoms with Crippen molar-refractivity contribution in [1.82, 2.24) is 4.57 Å². The van der Waals surface area contributed by atoms with Crippen LogP contribution in [0.5, 0.6) is 0 Å². The van der Waals surface area contributed by atoms with Crippen LogP contribution in [0.1, 0.15) is 143 Å². The molecule has 280 valence electrons. The molecule has 1 heterocycles. The Hall–Kier alpha value is -2.20. The second-order valence-electron chi connectivity index (χ2n) is 14.3. The largest absolute Gasteiger partial charge is 0 e. The molecule has 2 aromatic carbocycles. The van der Waals surface area contributed by atoms with Crippen molar-refractivity contribution in [3.63, 3.8) is 0 Å². The van der Waals surface area contributed by atoms with Gasteiger partial charge in [0.2, 0.25) is 0 Å². The molecule has 3 aromatic rings. The van der Waals surface area contributed by atoms with Crippen LogP contribution in [0.25, 0.3) is 11.4 Å². The van der Waals surface area contributed by atoms with Crippen molar-refractivity contribution in [2.45, 2.75) is 140 Å². The quantitative estimate of drug-likeness (QED) is 0.0980. The molecule has 8 heteroatoms. The van der Waals surface area contributed by atoms with Crippen molar-refractivity contribution in [2.75, 3.05) is 0 Å². The first-order valence-corrected chi connectivity index (χ1v) is 21.6. The molecule has 4 radical (unpaired) electrons. The van der Waals surface area contributed by atoms with Crippen LogP contribution in [0.3, 0.4) is 0 Å². The molecule has 0 saturated heterocycles. The number of nitrogens with zero attached hydrogens (tertiary/aromatic N) is 2. The first-order valence-electron chi connectivity index (χ1n) is 17.7. The molecule has 5 nitrogen and oxygen atoms in total. The Balaban J connectivity index is -0.000000900. The molecule has 0 amide bonds. The zero-order chi connectivity index (χ0) is 40.3. The normalized spacial score (nSPS) is 12.1. The van der Waals surface area contributed by atoms with E-state index in [1.807, 2.05) is 0 Å². The average molecular weight is 953 g/mol. The minimum atomic E-state index is 0. The molecule has 0 saturated carbocycles. The maximum Gasteiger partial charge on any atom is 0 e. The number of para-hydroxylation sites is 2. The SMILES string of the molecule is CC(C)c1cccc(C(C)C)c1-n1cc[n+](-c2c(C(C)C)cccc2C(C)C)[c]1[GeH].CC[Si](C)C.C[C]1C(C)=C(C)C(C)=C1C.[C-]#[O+].[C-]#[O+].[C-]#[O+].[W]. The summed E-state index contributed by atoms with van der Waals surface area (Å²) in [6.07, 6.45) is 4.54. The third-order valence-electron chi connectivity index (χ3n) is 9.54. The minimum Gasteiger partial charge on any atom is 0 e. The summed E-state index contributed by atoms with van der Waals surface area (Å²) in [6.45, 7) is 49.8. The first kappa shape index (κ1) is 54.1. The number of benzene rings is 2. The number of rotatable bonds is 7. The number of aromatic nitrogens is 2. The number of allylic oxidation sites excluding steroid dienone is 4. The average Bonchev–Trinajstić information content (AvgIpc) is 3.58. The maximum atomic E-state index is 7.50. The van der Waals surface area contributed by atoms with E-state index in [4.69, 9.17) is 14.0 Å². The van der Waals surface area contributed by atoms with Crippen LogP contribution in [0.2, 0.25) is 19.1 Å². The van der Waals surface area contributed by atoms with E-state index < -0.39 is 0 Å². The van der Waals surface area contributed by atoms with E-state index in [0.29, 0.717) is 23.7 Å². The van der Waals surface area contributed by atoms with E-state index in [1.54, 1.807) is 16.5 Å². The molecule has 0 unspecified atom stereocenters. The van der Waals surface area contributed by atoms with Gasteiger partial charge < -0.3 is 0 Å². The van der Waals surface area contributed by atoms with Crippen molar-refractivity contribution < 1.29 is 39.6 Å². The third kappa shape index (κ3) is 14.6. The van der Waals surface area contributed by atoms with Gasteiger partial charge in [-0.25, -0.2) is 0 Å². The van der Waals surface area contributed by atoms with Gasteiger partial charge in [-0.2, -0.15) is 0 Å². The van der Waals surface area contributed by atoms with Crippen molar-refractivity contribution in [1.29, 1.82) is 0 Å².